The average molecular weight is 408 g/mol. The maximum atomic E-state index is 13.0. The zero-order valence-corrected chi connectivity index (χ0v) is 14.3. The highest BCUT2D eigenvalue weighted by atomic mass is 35.5. The Morgan fingerprint density at radius 2 is 1.81 bits per heavy atom. The highest BCUT2D eigenvalue weighted by Gasteiger charge is 2.36. The SMILES string of the molecule is O=C(NS(=O)(=O)C=Cc1cccc(Cl)c1)c1ccc(F)cc1C(F)(F)F. The van der Waals surface area contributed by atoms with Gasteiger partial charge in [-0.05, 0) is 42.0 Å². The van der Waals surface area contributed by atoms with Crippen molar-refractivity contribution in [3.63, 3.8) is 0 Å². The van der Waals surface area contributed by atoms with Gasteiger partial charge >= 0.3 is 6.18 Å². The molecule has 10 heteroatoms. The number of alkyl halides is 3. The first-order valence-corrected chi connectivity index (χ1v) is 8.78. The first-order chi connectivity index (χ1) is 12.0. The van der Waals surface area contributed by atoms with Crippen molar-refractivity contribution in [3.05, 3.63) is 75.4 Å². The van der Waals surface area contributed by atoms with Crippen molar-refractivity contribution in [1.29, 1.82) is 0 Å². The standard InChI is InChI=1S/C16H10ClF4NO3S/c17-11-3-1-2-10(8-11)6-7-26(24,25)22-15(23)13-5-4-12(18)9-14(13)16(19,20)21/h1-9H,(H,22,23). The smallest absolute Gasteiger partial charge is 0.268 e. The van der Waals surface area contributed by atoms with E-state index in [1.807, 2.05) is 0 Å². The van der Waals surface area contributed by atoms with Gasteiger partial charge in [0.05, 0.1) is 16.5 Å². The number of carbonyl (C=O) groups excluding carboxylic acids is 1. The highest BCUT2D eigenvalue weighted by Crippen LogP contribution is 2.32. The fourth-order valence-electron chi connectivity index (χ4n) is 1.95. The summed E-state index contributed by atoms with van der Waals surface area (Å²) in [7, 11) is -4.40. The van der Waals surface area contributed by atoms with Crippen LogP contribution in [-0.2, 0) is 16.2 Å². The minimum Gasteiger partial charge on any atom is -0.268 e. The molecule has 138 valence electrons. The lowest BCUT2D eigenvalue weighted by molar-refractivity contribution is -0.138. The van der Waals surface area contributed by atoms with Crippen LogP contribution in [0.5, 0.6) is 0 Å². The predicted molar refractivity (Wildman–Crippen MR) is 88.3 cm³/mol. The molecule has 0 aliphatic carbocycles. The summed E-state index contributed by atoms with van der Waals surface area (Å²) >= 11 is 5.74. The number of hydrogen-bond acceptors (Lipinski definition) is 3. The van der Waals surface area contributed by atoms with Gasteiger partial charge in [0.2, 0.25) is 0 Å². The molecule has 0 fully saturated rings. The van der Waals surface area contributed by atoms with Crippen molar-refractivity contribution in [2.24, 2.45) is 0 Å². The molecular weight excluding hydrogens is 398 g/mol. The van der Waals surface area contributed by atoms with Crippen molar-refractivity contribution < 1.29 is 30.8 Å². The third kappa shape index (κ3) is 5.30. The molecule has 0 aliphatic rings. The van der Waals surface area contributed by atoms with Gasteiger partial charge in [-0.3, -0.25) is 4.79 Å². The molecule has 2 aromatic rings. The van der Waals surface area contributed by atoms with Crippen LogP contribution in [0.4, 0.5) is 17.6 Å². The van der Waals surface area contributed by atoms with Gasteiger partial charge in [0.25, 0.3) is 15.9 Å². The predicted octanol–water partition coefficient (Wildman–Crippen LogP) is 4.23. The molecule has 0 unspecified atom stereocenters. The number of hydrogen-bond donors (Lipinski definition) is 1. The molecule has 26 heavy (non-hydrogen) atoms. The van der Waals surface area contributed by atoms with E-state index in [-0.39, 0.29) is 6.07 Å². The van der Waals surface area contributed by atoms with Crippen molar-refractivity contribution in [2.45, 2.75) is 6.18 Å². The van der Waals surface area contributed by atoms with E-state index in [1.54, 1.807) is 12.1 Å². The average Bonchev–Trinajstić information content (AvgIpc) is 2.52. The fourth-order valence-corrected chi connectivity index (χ4v) is 2.92. The van der Waals surface area contributed by atoms with Crippen LogP contribution in [0.3, 0.4) is 0 Å². The number of halogens is 5. The third-order valence-corrected chi connectivity index (χ3v) is 4.25. The Morgan fingerprint density at radius 3 is 2.42 bits per heavy atom. The highest BCUT2D eigenvalue weighted by molar-refractivity contribution is 7.93. The summed E-state index contributed by atoms with van der Waals surface area (Å²) in [5, 5.41) is 0.947. The third-order valence-electron chi connectivity index (χ3n) is 3.05. The normalized spacial score (nSPS) is 12.3. The lowest BCUT2D eigenvalue weighted by Crippen LogP contribution is -2.30. The lowest BCUT2D eigenvalue weighted by atomic mass is 10.1. The maximum Gasteiger partial charge on any atom is 0.417 e. The van der Waals surface area contributed by atoms with Crippen LogP contribution in [0.1, 0.15) is 21.5 Å². The van der Waals surface area contributed by atoms with Crippen LogP contribution in [0.25, 0.3) is 6.08 Å². The second-order valence-electron chi connectivity index (χ2n) is 5.02. The second kappa shape index (κ2) is 7.46. The number of benzene rings is 2. The van der Waals surface area contributed by atoms with Crippen LogP contribution in [0, 0.1) is 5.82 Å². The fraction of sp³-hybridized carbons (Fsp3) is 0.0625. The summed E-state index contributed by atoms with van der Waals surface area (Å²) in [5.74, 6) is -2.74. The summed E-state index contributed by atoms with van der Waals surface area (Å²) in [6.07, 6.45) is -3.92. The Bertz CT molecular complexity index is 972. The number of sulfonamides is 1. The Morgan fingerprint density at radius 1 is 1.12 bits per heavy atom. The number of rotatable bonds is 4. The van der Waals surface area contributed by atoms with E-state index in [9.17, 15) is 30.8 Å². The minimum absolute atomic E-state index is 0.114. The molecule has 0 saturated heterocycles. The van der Waals surface area contributed by atoms with E-state index in [2.05, 4.69) is 0 Å². The Balaban J connectivity index is 2.26. The monoisotopic (exact) mass is 407 g/mol. The molecule has 0 radical (unpaired) electrons. The van der Waals surface area contributed by atoms with Gasteiger partial charge in [-0.25, -0.2) is 17.5 Å². The minimum atomic E-state index is -5.03. The van der Waals surface area contributed by atoms with Gasteiger partial charge in [0.15, 0.2) is 0 Å². The van der Waals surface area contributed by atoms with Crippen molar-refractivity contribution in [2.75, 3.05) is 0 Å². The van der Waals surface area contributed by atoms with Gasteiger partial charge in [0, 0.05) is 5.02 Å². The molecule has 2 rings (SSSR count). The van der Waals surface area contributed by atoms with E-state index in [0.717, 1.165) is 6.08 Å². The summed E-state index contributed by atoms with van der Waals surface area (Å²) in [4.78, 5) is 11.9. The molecule has 0 atom stereocenters. The Hall–Kier alpha value is -2.39. The van der Waals surface area contributed by atoms with Gasteiger partial charge in [0.1, 0.15) is 5.82 Å². The molecule has 4 nitrogen and oxygen atoms in total. The van der Waals surface area contributed by atoms with Crippen molar-refractivity contribution >= 4 is 33.6 Å². The van der Waals surface area contributed by atoms with Crippen LogP contribution in [0.2, 0.25) is 5.02 Å². The van der Waals surface area contributed by atoms with Crippen molar-refractivity contribution in [1.82, 2.24) is 4.72 Å². The molecular formula is C16H10ClF4NO3S. The van der Waals surface area contributed by atoms with Crippen LogP contribution in [0.15, 0.2) is 47.9 Å². The van der Waals surface area contributed by atoms with Gasteiger partial charge in [-0.1, -0.05) is 23.7 Å². The first-order valence-electron chi connectivity index (χ1n) is 6.85. The van der Waals surface area contributed by atoms with E-state index in [4.69, 9.17) is 11.6 Å². The van der Waals surface area contributed by atoms with Crippen LogP contribution in [-0.4, -0.2) is 14.3 Å². The molecule has 0 saturated carbocycles. The Labute approximate surface area is 151 Å². The van der Waals surface area contributed by atoms with E-state index < -0.39 is 39.1 Å². The van der Waals surface area contributed by atoms with Crippen LogP contribution < -0.4 is 4.72 Å². The largest absolute Gasteiger partial charge is 0.417 e. The molecule has 0 spiro atoms. The molecule has 2 aromatic carbocycles. The second-order valence-corrected chi connectivity index (χ2v) is 7.02. The molecule has 1 N–H and O–H groups in total. The zero-order chi connectivity index (χ0) is 19.5. The van der Waals surface area contributed by atoms with E-state index >= 15 is 0 Å². The zero-order valence-electron chi connectivity index (χ0n) is 12.7. The first kappa shape index (κ1) is 19.9. The summed E-state index contributed by atoms with van der Waals surface area (Å²) in [5.41, 5.74) is -2.20. The molecule has 0 aliphatic heterocycles. The number of nitrogens with one attached hydrogen (secondary N) is 1. The number of amides is 1. The molecule has 0 bridgehead atoms. The Kier molecular flexibility index (Phi) is 5.72. The molecule has 1 amide bonds. The van der Waals surface area contributed by atoms with Gasteiger partial charge in [-0.2, -0.15) is 13.2 Å². The van der Waals surface area contributed by atoms with Gasteiger partial charge in [-0.15, -0.1) is 0 Å². The molecule has 0 heterocycles. The van der Waals surface area contributed by atoms with E-state index in [1.165, 1.54) is 16.9 Å². The summed E-state index contributed by atoms with van der Waals surface area (Å²) < 4.78 is 77.0. The summed E-state index contributed by atoms with van der Waals surface area (Å²) in [6, 6.07) is 7.38. The van der Waals surface area contributed by atoms with Crippen LogP contribution >= 0.6 is 11.6 Å². The van der Waals surface area contributed by atoms with Crippen molar-refractivity contribution in [3.8, 4) is 0 Å². The maximum absolute atomic E-state index is 13.0. The quantitative estimate of drug-likeness (QED) is 0.771. The van der Waals surface area contributed by atoms with E-state index in [0.29, 0.717) is 28.1 Å². The van der Waals surface area contributed by atoms with Gasteiger partial charge < -0.3 is 0 Å². The lowest BCUT2D eigenvalue weighted by Gasteiger charge is -2.12. The molecule has 0 aromatic heterocycles. The number of carbonyl (C=O) groups is 1. The summed E-state index contributed by atoms with van der Waals surface area (Å²) in [6.45, 7) is 0. The topological polar surface area (TPSA) is 63.2 Å².